The van der Waals surface area contributed by atoms with Crippen molar-refractivity contribution < 1.29 is 4.79 Å². The predicted octanol–water partition coefficient (Wildman–Crippen LogP) is 3.37. The minimum absolute atomic E-state index is 0.0650. The Morgan fingerprint density at radius 2 is 2.06 bits per heavy atom. The topological polar surface area (TPSA) is 46.3 Å². The van der Waals surface area contributed by atoms with E-state index in [-0.39, 0.29) is 5.91 Å². The largest absolute Gasteiger partial charge is 0.397 e. The summed E-state index contributed by atoms with van der Waals surface area (Å²) in [5, 5.41) is 1.87. The van der Waals surface area contributed by atoms with Crippen LogP contribution < -0.4 is 10.6 Å². The lowest BCUT2D eigenvalue weighted by Gasteiger charge is -2.18. The Labute approximate surface area is 112 Å². The first-order valence-electron chi connectivity index (χ1n) is 4.97. The number of rotatable bonds is 2. The van der Waals surface area contributed by atoms with Crippen LogP contribution in [-0.4, -0.2) is 13.0 Å². The minimum Gasteiger partial charge on any atom is -0.397 e. The van der Waals surface area contributed by atoms with Crippen LogP contribution in [0.2, 0.25) is 0 Å². The van der Waals surface area contributed by atoms with Crippen molar-refractivity contribution in [2.45, 2.75) is 0 Å². The molecule has 0 radical (unpaired) electrons. The molecule has 88 valence electrons. The summed E-state index contributed by atoms with van der Waals surface area (Å²) in [6, 6.07) is 9.18. The Hall–Kier alpha value is -1.33. The van der Waals surface area contributed by atoms with Crippen LogP contribution in [0.15, 0.2) is 40.2 Å². The van der Waals surface area contributed by atoms with E-state index in [9.17, 15) is 4.79 Å². The van der Waals surface area contributed by atoms with Gasteiger partial charge in [-0.15, -0.1) is 11.3 Å². The number of carbonyl (C=O) groups is 1. The molecule has 2 N–H and O–H groups in total. The van der Waals surface area contributed by atoms with Gasteiger partial charge in [-0.05, 0) is 39.5 Å². The van der Waals surface area contributed by atoms with E-state index in [0.717, 1.165) is 10.2 Å². The predicted molar refractivity (Wildman–Crippen MR) is 75.6 cm³/mol. The number of para-hydroxylation sites is 2. The number of benzene rings is 1. The molecule has 2 rings (SSSR count). The number of halogens is 1. The molecule has 0 unspecified atom stereocenters. The van der Waals surface area contributed by atoms with Gasteiger partial charge < -0.3 is 10.6 Å². The van der Waals surface area contributed by atoms with Crippen molar-refractivity contribution in [3.63, 3.8) is 0 Å². The van der Waals surface area contributed by atoms with Crippen LogP contribution in [0.3, 0.4) is 0 Å². The Morgan fingerprint density at radius 1 is 1.35 bits per heavy atom. The summed E-state index contributed by atoms with van der Waals surface area (Å²) in [5.41, 5.74) is 7.16. The molecule has 0 aliphatic rings. The molecule has 1 aromatic heterocycles. The lowest BCUT2D eigenvalue weighted by Crippen LogP contribution is -2.26. The van der Waals surface area contributed by atoms with Gasteiger partial charge in [0.25, 0.3) is 5.91 Å². The molecule has 0 aliphatic carbocycles. The van der Waals surface area contributed by atoms with Crippen LogP contribution in [0.1, 0.15) is 9.67 Å². The van der Waals surface area contributed by atoms with Crippen molar-refractivity contribution in [2.75, 3.05) is 17.7 Å². The second-order valence-corrected chi connectivity index (χ2v) is 5.29. The van der Waals surface area contributed by atoms with Crippen molar-refractivity contribution in [1.29, 1.82) is 0 Å². The molecule has 1 aromatic carbocycles. The first kappa shape index (κ1) is 12.1. The fourth-order valence-corrected chi connectivity index (χ4v) is 3.02. The Bertz CT molecular complexity index is 553. The van der Waals surface area contributed by atoms with Gasteiger partial charge in [0, 0.05) is 11.5 Å². The van der Waals surface area contributed by atoms with Gasteiger partial charge >= 0.3 is 0 Å². The molecule has 0 saturated carbocycles. The van der Waals surface area contributed by atoms with Crippen molar-refractivity contribution in [2.24, 2.45) is 0 Å². The van der Waals surface area contributed by atoms with Gasteiger partial charge in [0.05, 0.1) is 11.4 Å². The van der Waals surface area contributed by atoms with Gasteiger partial charge in [0.15, 0.2) is 0 Å². The maximum Gasteiger partial charge on any atom is 0.269 e. The van der Waals surface area contributed by atoms with Crippen LogP contribution in [-0.2, 0) is 0 Å². The highest BCUT2D eigenvalue weighted by Crippen LogP contribution is 2.28. The molecule has 5 heteroatoms. The van der Waals surface area contributed by atoms with Crippen LogP contribution >= 0.6 is 27.3 Å². The van der Waals surface area contributed by atoms with E-state index < -0.39 is 0 Å². The molecule has 0 bridgehead atoms. The standard InChI is InChI=1S/C12H11BrN2OS/c1-15(10-5-3-2-4-9(10)14)12(16)11-8(13)6-7-17-11/h2-7H,14H2,1H3. The van der Waals surface area contributed by atoms with Gasteiger partial charge in [-0.1, -0.05) is 12.1 Å². The summed E-state index contributed by atoms with van der Waals surface area (Å²) in [6.07, 6.45) is 0. The van der Waals surface area contributed by atoms with Gasteiger partial charge in [0.2, 0.25) is 0 Å². The van der Waals surface area contributed by atoms with Crippen molar-refractivity contribution in [3.05, 3.63) is 45.1 Å². The molecule has 0 spiro atoms. The number of carbonyl (C=O) groups excluding carboxylic acids is 1. The van der Waals surface area contributed by atoms with Crippen LogP contribution in [0.25, 0.3) is 0 Å². The van der Waals surface area contributed by atoms with E-state index >= 15 is 0 Å². The van der Waals surface area contributed by atoms with E-state index in [1.54, 1.807) is 18.0 Å². The van der Waals surface area contributed by atoms with Crippen LogP contribution in [0, 0.1) is 0 Å². The zero-order valence-electron chi connectivity index (χ0n) is 9.18. The fourth-order valence-electron chi connectivity index (χ4n) is 1.50. The Morgan fingerprint density at radius 3 is 2.65 bits per heavy atom. The number of nitrogen functional groups attached to an aromatic ring is 1. The second kappa shape index (κ2) is 4.89. The number of nitrogens with two attached hydrogens (primary N) is 1. The molecular formula is C12H11BrN2OS. The molecule has 0 saturated heterocycles. The summed E-state index contributed by atoms with van der Waals surface area (Å²) >= 11 is 4.77. The lowest BCUT2D eigenvalue weighted by atomic mass is 10.2. The summed E-state index contributed by atoms with van der Waals surface area (Å²) in [5.74, 6) is -0.0650. The molecule has 0 atom stereocenters. The third kappa shape index (κ3) is 2.35. The SMILES string of the molecule is CN(C(=O)c1sccc1Br)c1ccccc1N. The normalized spacial score (nSPS) is 10.2. The zero-order chi connectivity index (χ0) is 12.4. The number of hydrogen-bond donors (Lipinski definition) is 1. The van der Waals surface area contributed by atoms with Crippen LogP contribution in [0.5, 0.6) is 0 Å². The van der Waals surface area contributed by atoms with E-state index in [2.05, 4.69) is 15.9 Å². The van der Waals surface area contributed by atoms with E-state index in [4.69, 9.17) is 5.73 Å². The van der Waals surface area contributed by atoms with Crippen molar-refractivity contribution in [3.8, 4) is 0 Å². The average Bonchev–Trinajstić information content (AvgIpc) is 2.74. The fraction of sp³-hybridized carbons (Fsp3) is 0.0833. The maximum absolute atomic E-state index is 12.2. The van der Waals surface area contributed by atoms with Crippen molar-refractivity contribution in [1.82, 2.24) is 0 Å². The molecule has 0 fully saturated rings. The summed E-state index contributed by atoms with van der Waals surface area (Å²) in [4.78, 5) is 14.5. The summed E-state index contributed by atoms with van der Waals surface area (Å²) < 4.78 is 0.814. The Balaban J connectivity index is 2.33. The summed E-state index contributed by atoms with van der Waals surface area (Å²) in [6.45, 7) is 0. The quantitative estimate of drug-likeness (QED) is 0.864. The van der Waals surface area contributed by atoms with Crippen molar-refractivity contribution >= 4 is 44.5 Å². The molecule has 2 aromatic rings. The smallest absolute Gasteiger partial charge is 0.269 e. The molecule has 0 aliphatic heterocycles. The average molecular weight is 311 g/mol. The first-order valence-corrected chi connectivity index (χ1v) is 6.64. The number of nitrogens with zero attached hydrogens (tertiary/aromatic N) is 1. The zero-order valence-corrected chi connectivity index (χ0v) is 11.6. The van der Waals surface area contributed by atoms with E-state index in [1.165, 1.54) is 11.3 Å². The number of anilines is 2. The second-order valence-electron chi connectivity index (χ2n) is 3.52. The first-order chi connectivity index (χ1) is 8.11. The highest BCUT2D eigenvalue weighted by atomic mass is 79.9. The molecule has 1 heterocycles. The molecule has 17 heavy (non-hydrogen) atoms. The third-order valence-corrected chi connectivity index (χ3v) is 4.24. The number of hydrogen-bond acceptors (Lipinski definition) is 3. The van der Waals surface area contributed by atoms with Crippen LogP contribution in [0.4, 0.5) is 11.4 Å². The molecular weight excluding hydrogens is 300 g/mol. The summed E-state index contributed by atoms with van der Waals surface area (Å²) in [7, 11) is 1.72. The number of amides is 1. The highest BCUT2D eigenvalue weighted by Gasteiger charge is 2.18. The maximum atomic E-state index is 12.2. The van der Waals surface area contributed by atoms with Gasteiger partial charge in [-0.2, -0.15) is 0 Å². The molecule has 3 nitrogen and oxygen atoms in total. The third-order valence-electron chi connectivity index (χ3n) is 2.41. The minimum atomic E-state index is -0.0650. The monoisotopic (exact) mass is 310 g/mol. The molecule has 1 amide bonds. The highest BCUT2D eigenvalue weighted by molar-refractivity contribution is 9.10. The lowest BCUT2D eigenvalue weighted by molar-refractivity contribution is 0.0996. The van der Waals surface area contributed by atoms with Gasteiger partial charge in [0.1, 0.15) is 4.88 Å². The van der Waals surface area contributed by atoms with E-state index in [0.29, 0.717) is 10.6 Å². The van der Waals surface area contributed by atoms with Gasteiger partial charge in [-0.3, -0.25) is 4.79 Å². The van der Waals surface area contributed by atoms with E-state index in [1.807, 2.05) is 29.6 Å². The van der Waals surface area contributed by atoms with Gasteiger partial charge in [-0.25, -0.2) is 0 Å². The number of thiophene rings is 1. The Kier molecular flexibility index (Phi) is 3.49.